The summed E-state index contributed by atoms with van der Waals surface area (Å²) in [5, 5.41) is 8.03. The molecule has 0 aromatic heterocycles. The molecule has 0 aliphatic rings. The predicted octanol–water partition coefficient (Wildman–Crippen LogP) is 6.14. The number of nitrogens with zero attached hydrogens (tertiary/aromatic N) is 2. The first-order valence-electron chi connectivity index (χ1n) is 14.5. The molecule has 230 valence electrons. The molecule has 9 heteroatoms. The fourth-order valence-electron chi connectivity index (χ4n) is 4.14. The Kier molecular flexibility index (Phi) is 11.2. The summed E-state index contributed by atoms with van der Waals surface area (Å²) in [5.41, 5.74) is 8.87. The van der Waals surface area contributed by atoms with Gasteiger partial charge in [0.1, 0.15) is 30.5 Å². The lowest BCUT2D eigenvalue weighted by molar-refractivity contribution is -0.123. The van der Waals surface area contributed by atoms with E-state index in [9.17, 15) is 9.59 Å². The summed E-state index contributed by atoms with van der Waals surface area (Å²) < 4.78 is 17.2. The van der Waals surface area contributed by atoms with Crippen molar-refractivity contribution in [2.45, 2.75) is 13.2 Å². The zero-order valence-corrected chi connectivity index (χ0v) is 24.9. The number of para-hydroxylation sites is 1. The first-order valence-corrected chi connectivity index (χ1v) is 14.5. The van der Waals surface area contributed by atoms with Gasteiger partial charge in [-0.3, -0.25) is 9.59 Å². The van der Waals surface area contributed by atoms with Crippen LogP contribution in [-0.4, -0.2) is 30.9 Å². The maximum Gasteiger partial charge on any atom is 0.277 e. The van der Waals surface area contributed by atoms with Crippen molar-refractivity contribution in [2.24, 2.45) is 10.2 Å². The normalized spacial score (nSPS) is 10.9. The van der Waals surface area contributed by atoms with Gasteiger partial charge in [-0.25, -0.2) is 10.9 Å². The number of benzene rings is 5. The third-order valence-electron chi connectivity index (χ3n) is 6.53. The highest BCUT2D eigenvalue weighted by Gasteiger charge is 2.13. The van der Waals surface area contributed by atoms with Gasteiger partial charge in [0.05, 0.1) is 18.0 Å². The number of carbonyl (C=O) groups is 2. The van der Waals surface area contributed by atoms with E-state index in [0.717, 1.165) is 33.8 Å². The molecule has 5 rings (SSSR count). The zero-order valence-electron chi connectivity index (χ0n) is 24.9. The Bertz CT molecular complexity index is 1760. The second-order valence-electron chi connectivity index (χ2n) is 9.96. The summed E-state index contributed by atoms with van der Waals surface area (Å²) in [6.07, 6.45) is 3.04. The summed E-state index contributed by atoms with van der Waals surface area (Å²) in [6, 6.07) is 41.1. The topological polar surface area (TPSA) is 111 Å². The molecule has 0 unspecified atom stereocenters. The summed E-state index contributed by atoms with van der Waals surface area (Å²) in [7, 11) is 0. The van der Waals surface area contributed by atoms with Gasteiger partial charge >= 0.3 is 0 Å². The van der Waals surface area contributed by atoms with Crippen molar-refractivity contribution in [3.8, 4) is 17.2 Å². The predicted molar refractivity (Wildman–Crippen MR) is 177 cm³/mol. The average molecular weight is 613 g/mol. The Balaban J connectivity index is 1.04. The number of ether oxygens (including phenoxy) is 3. The van der Waals surface area contributed by atoms with Gasteiger partial charge in [-0.2, -0.15) is 10.2 Å². The third kappa shape index (κ3) is 9.92. The number of nitrogens with one attached hydrogen (secondary N) is 2. The van der Waals surface area contributed by atoms with Gasteiger partial charge in [0, 0.05) is 0 Å². The molecule has 0 fully saturated rings. The molecule has 0 heterocycles. The fraction of sp³-hybridized carbons (Fsp3) is 0.0811. The van der Waals surface area contributed by atoms with Crippen molar-refractivity contribution in [1.82, 2.24) is 10.9 Å². The zero-order chi connectivity index (χ0) is 31.8. The number of carbonyl (C=O) groups excluding carboxylic acids is 2. The van der Waals surface area contributed by atoms with E-state index < -0.39 is 11.8 Å². The van der Waals surface area contributed by atoms with Crippen molar-refractivity contribution in [1.29, 1.82) is 0 Å². The van der Waals surface area contributed by atoms with Gasteiger partial charge in [-0.15, -0.1) is 0 Å². The van der Waals surface area contributed by atoms with Crippen LogP contribution in [0.5, 0.6) is 17.2 Å². The largest absolute Gasteiger partial charge is 0.489 e. The molecule has 0 aliphatic heterocycles. The smallest absolute Gasteiger partial charge is 0.277 e. The van der Waals surface area contributed by atoms with E-state index in [0.29, 0.717) is 13.2 Å². The Hall–Kier alpha value is -6.22. The number of hydrazone groups is 2. The number of amides is 2. The monoisotopic (exact) mass is 612 g/mol. The molecule has 2 amide bonds. The molecule has 0 aliphatic carbocycles. The van der Waals surface area contributed by atoms with Crippen LogP contribution in [-0.2, 0) is 18.0 Å². The molecule has 5 aromatic rings. The molecule has 0 saturated heterocycles. The molecule has 46 heavy (non-hydrogen) atoms. The third-order valence-corrected chi connectivity index (χ3v) is 6.53. The lowest BCUT2D eigenvalue weighted by Gasteiger charge is -2.09. The van der Waals surface area contributed by atoms with Crippen molar-refractivity contribution in [3.05, 3.63) is 161 Å². The molecular weight excluding hydrogens is 580 g/mol. The lowest BCUT2D eigenvalue weighted by Crippen LogP contribution is -2.25. The summed E-state index contributed by atoms with van der Waals surface area (Å²) in [5.74, 6) is 0.726. The van der Waals surface area contributed by atoms with Gasteiger partial charge in [0.2, 0.25) is 0 Å². The highest BCUT2D eigenvalue weighted by molar-refractivity contribution is 5.97. The van der Waals surface area contributed by atoms with Crippen molar-refractivity contribution in [3.63, 3.8) is 0 Å². The molecule has 2 N–H and O–H groups in total. The fourth-order valence-corrected chi connectivity index (χ4v) is 4.14. The van der Waals surface area contributed by atoms with Gasteiger partial charge in [-0.05, 0) is 82.9 Å². The van der Waals surface area contributed by atoms with Crippen LogP contribution < -0.4 is 25.1 Å². The number of rotatable bonds is 14. The molecule has 5 aromatic carbocycles. The lowest BCUT2D eigenvalue weighted by atomic mass is 10.2. The van der Waals surface area contributed by atoms with Crippen LogP contribution in [0.4, 0.5) is 0 Å². The highest BCUT2D eigenvalue weighted by atomic mass is 16.5. The highest BCUT2D eigenvalue weighted by Crippen LogP contribution is 2.18. The Morgan fingerprint density at radius 1 is 0.543 bits per heavy atom. The number of hydrogen-bond acceptors (Lipinski definition) is 7. The Labute approximate surface area is 267 Å². The average Bonchev–Trinajstić information content (AvgIpc) is 3.11. The van der Waals surface area contributed by atoms with E-state index in [-0.39, 0.29) is 17.9 Å². The first-order chi connectivity index (χ1) is 22.6. The second-order valence-corrected chi connectivity index (χ2v) is 9.96. The van der Waals surface area contributed by atoms with Crippen LogP contribution in [0.2, 0.25) is 0 Å². The molecule has 9 nitrogen and oxygen atoms in total. The van der Waals surface area contributed by atoms with Crippen LogP contribution in [0, 0.1) is 0 Å². The van der Waals surface area contributed by atoms with E-state index in [4.69, 9.17) is 14.2 Å². The molecule has 0 spiro atoms. The molecule has 0 atom stereocenters. The van der Waals surface area contributed by atoms with Crippen molar-refractivity contribution >= 4 is 24.2 Å². The number of hydrogen-bond donors (Lipinski definition) is 2. The molecule has 0 radical (unpaired) electrons. The van der Waals surface area contributed by atoms with Crippen LogP contribution in [0.25, 0.3) is 0 Å². The van der Waals surface area contributed by atoms with Gasteiger partial charge in [0.15, 0.2) is 6.61 Å². The first kappa shape index (κ1) is 31.2. The van der Waals surface area contributed by atoms with E-state index in [2.05, 4.69) is 21.1 Å². The molecule has 0 bridgehead atoms. The minimum Gasteiger partial charge on any atom is -0.489 e. The van der Waals surface area contributed by atoms with Crippen LogP contribution in [0.1, 0.15) is 32.6 Å². The SMILES string of the molecule is O=C(COc1ccccc1C(=O)N/N=C/c1ccc(OCc2ccccc2)cc1)N/N=C/c1ccc(OCc2ccccc2)cc1. The Morgan fingerprint density at radius 2 is 1.02 bits per heavy atom. The van der Waals surface area contributed by atoms with Crippen LogP contribution >= 0.6 is 0 Å². The van der Waals surface area contributed by atoms with Gasteiger partial charge < -0.3 is 14.2 Å². The summed E-state index contributed by atoms with van der Waals surface area (Å²) in [4.78, 5) is 25.1. The second kappa shape index (κ2) is 16.6. The van der Waals surface area contributed by atoms with Crippen molar-refractivity contribution < 1.29 is 23.8 Å². The van der Waals surface area contributed by atoms with Gasteiger partial charge in [-0.1, -0.05) is 72.8 Å². The van der Waals surface area contributed by atoms with E-state index in [1.807, 2.05) is 109 Å². The summed E-state index contributed by atoms with van der Waals surface area (Å²) in [6.45, 7) is 0.612. The quantitative estimate of drug-likeness (QED) is 0.116. The van der Waals surface area contributed by atoms with Gasteiger partial charge in [0.25, 0.3) is 11.8 Å². The van der Waals surface area contributed by atoms with E-state index in [1.165, 1.54) is 12.4 Å². The maximum absolute atomic E-state index is 12.8. The maximum atomic E-state index is 12.8. The Morgan fingerprint density at radius 3 is 1.57 bits per heavy atom. The van der Waals surface area contributed by atoms with Crippen LogP contribution in [0.15, 0.2) is 144 Å². The molecular formula is C37H32N4O5. The molecule has 0 saturated carbocycles. The van der Waals surface area contributed by atoms with E-state index >= 15 is 0 Å². The summed E-state index contributed by atoms with van der Waals surface area (Å²) >= 11 is 0. The minimum absolute atomic E-state index is 0.232. The van der Waals surface area contributed by atoms with Crippen LogP contribution in [0.3, 0.4) is 0 Å². The minimum atomic E-state index is -0.483. The standard InChI is InChI=1S/C37H32N4O5/c42-36(40-38-23-28-15-19-32(20-16-28)44-25-30-9-3-1-4-10-30)27-46-35-14-8-7-13-34(35)37(43)41-39-24-29-17-21-33(22-18-29)45-26-31-11-5-2-6-12-31/h1-24H,25-27H2,(H,40,42)(H,41,43)/b38-23+,39-24+. The van der Waals surface area contributed by atoms with Crippen molar-refractivity contribution in [2.75, 3.05) is 6.61 Å². The van der Waals surface area contributed by atoms with E-state index in [1.54, 1.807) is 24.3 Å².